The number of benzene rings is 1. The van der Waals surface area contributed by atoms with Crippen molar-refractivity contribution in [2.24, 2.45) is 0 Å². The number of rotatable bonds is 6. The topological polar surface area (TPSA) is 87.0 Å². The molecule has 0 amide bonds. The minimum atomic E-state index is -0.196. The lowest BCUT2D eigenvalue weighted by Crippen LogP contribution is -2.16. The Hall–Kier alpha value is -2.08. The molecule has 0 bridgehead atoms. The van der Waals surface area contributed by atoms with Gasteiger partial charge in [0, 0.05) is 13.0 Å². The van der Waals surface area contributed by atoms with Crippen LogP contribution in [0.1, 0.15) is 18.4 Å². The summed E-state index contributed by atoms with van der Waals surface area (Å²) >= 11 is 0. The van der Waals surface area contributed by atoms with Crippen LogP contribution in [-0.2, 0) is 16.1 Å². The molecule has 0 unspecified atom stereocenters. The van der Waals surface area contributed by atoms with E-state index in [9.17, 15) is 9.59 Å². The Morgan fingerprint density at radius 1 is 1.32 bits per heavy atom. The van der Waals surface area contributed by atoms with Crippen molar-refractivity contribution in [3.8, 4) is 0 Å². The molecule has 0 saturated heterocycles. The van der Waals surface area contributed by atoms with Crippen LogP contribution in [0, 0.1) is 0 Å². The van der Waals surface area contributed by atoms with Crippen LogP contribution >= 0.6 is 0 Å². The van der Waals surface area contributed by atoms with E-state index < -0.39 is 0 Å². The van der Waals surface area contributed by atoms with Crippen molar-refractivity contribution in [3.05, 3.63) is 34.2 Å². The number of aromatic amines is 2. The maximum atomic E-state index is 11.1. The van der Waals surface area contributed by atoms with Crippen LogP contribution in [0.3, 0.4) is 0 Å². The Bertz CT molecular complexity index is 615. The Morgan fingerprint density at radius 3 is 2.89 bits per heavy atom. The van der Waals surface area contributed by atoms with Gasteiger partial charge >= 0.3 is 11.7 Å². The first-order chi connectivity index (χ1) is 9.19. The summed E-state index contributed by atoms with van der Waals surface area (Å²) < 4.78 is 4.56. The molecule has 19 heavy (non-hydrogen) atoms. The highest BCUT2D eigenvalue weighted by Crippen LogP contribution is 2.09. The number of hydrogen-bond acceptors (Lipinski definition) is 4. The number of ether oxygens (including phenoxy) is 1. The third-order valence-electron chi connectivity index (χ3n) is 2.87. The summed E-state index contributed by atoms with van der Waals surface area (Å²) in [4.78, 5) is 27.4. The van der Waals surface area contributed by atoms with E-state index in [1.807, 2.05) is 18.2 Å². The minimum absolute atomic E-state index is 0.187. The van der Waals surface area contributed by atoms with E-state index in [4.69, 9.17) is 0 Å². The van der Waals surface area contributed by atoms with Crippen molar-refractivity contribution in [1.29, 1.82) is 0 Å². The smallest absolute Gasteiger partial charge is 0.323 e. The first kappa shape index (κ1) is 13.4. The molecule has 6 nitrogen and oxygen atoms in total. The monoisotopic (exact) mass is 263 g/mol. The molecule has 2 rings (SSSR count). The van der Waals surface area contributed by atoms with Crippen LogP contribution in [0.2, 0.25) is 0 Å². The molecule has 0 saturated carbocycles. The third-order valence-corrected chi connectivity index (χ3v) is 2.87. The molecule has 0 aliphatic rings. The summed E-state index contributed by atoms with van der Waals surface area (Å²) in [5.41, 5.74) is 2.50. The predicted octanol–water partition coefficient (Wildman–Crippen LogP) is 0.899. The van der Waals surface area contributed by atoms with E-state index in [1.165, 1.54) is 7.11 Å². The van der Waals surface area contributed by atoms with E-state index in [2.05, 4.69) is 20.0 Å². The Kier molecular flexibility index (Phi) is 4.35. The molecule has 3 N–H and O–H groups in total. The van der Waals surface area contributed by atoms with Gasteiger partial charge in [-0.25, -0.2) is 4.79 Å². The quantitative estimate of drug-likeness (QED) is 0.534. The van der Waals surface area contributed by atoms with Gasteiger partial charge in [-0.15, -0.1) is 0 Å². The summed E-state index contributed by atoms with van der Waals surface area (Å²) in [6.45, 7) is 1.45. The van der Waals surface area contributed by atoms with E-state index in [0.717, 1.165) is 29.6 Å². The van der Waals surface area contributed by atoms with Crippen LogP contribution in [0.5, 0.6) is 0 Å². The summed E-state index contributed by atoms with van der Waals surface area (Å²) in [5.74, 6) is -0.187. The number of aromatic nitrogens is 2. The number of hydrogen-bond donors (Lipinski definition) is 3. The van der Waals surface area contributed by atoms with Crippen molar-refractivity contribution in [1.82, 2.24) is 15.3 Å². The molecule has 0 radical (unpaired) electrons. The number of carbonyl (C=O) groups is 1. The molecule has 1 heterocycles. The zero-order valence-corrected chi connectivity index (χ0v) is 10.8. The van der Waals surface area contributed by atoms with Gasteiger partial charge in [0.25, 0.3) is 0 Å². The molecule has 0 aliphatic heterocycles. The van der Waals surface area contributed by atoms with Crippen molar-refractivity contribution in [3.63, 3.8) is 0 Å². The van der Waals surface area contributed by atoms with Gasteiger partial charge in [0.05, 0.1) is 18.1 Å². The first-order valence-electron chi connectivity index (χ1n) is 6.17. The number of fused-ring (bicyclic) bond motifs is 1. The van der Waals surface area contributed by atoms with Gasteiger partial charge in [0.1, 0.15) is 0 Å². The van der Waals surface area contributed by atoms with Gasteiger partial charge in [-0.3, -0.25) is 4.79 Å². The van der Waals surface area contributed by atoms with Gasteiger partial charge in [-0.2, -0.15) is 0 Å². The lowest BCUT2D eigenvalue weighted by atomic mass is 10.2. The van der Waals surface area contributed by atoms with Crippen molar-refractivity contribution < 1.29 is 9.53 Å². The Labute approximate surface area is 110 Å². The number of H-pyrrole nitrogens is 2. The highest BCUT2D eigenvalue weighted by Gasteiger charge is 2.01. The number of nitrogens with one attached hydrogen (secondary N) is 3. The summed E-state index contributed by atoms with van der Waals surface area (Å²) in [6, 6.07) is 5.76. The molecular formula is C13H17N3O3. The fourth-order valence-electron chi connectivity index (χ4n) is 1.88. The van der Waals surface area contributed by atoms with E-state index in [1.54, 1.807) is 0 Å². The number of carbonyl (C=O) groups excluding carboxylic acids is 1. The van der Waals surface area contributed by atoms with Crippen LogP contribution in [0.25, 0.3) is 11.0 Å². The van der Waals surface area contributed by atoms with Crippen LogP contribution < -0.4 is 11.0 Å². The summed E-state index contributed by atoms with van der Waals surface area (Å²) in [5, 5.41) is 3.24. The van der Waals surface area contributed by atoms with Crippen LogP contribution in [0.4, 0.5) is 0 Å². The van der Waals surface area contributed by atoms with E-state index in [-0.39, 0.29) is 11.7 Å². The molecule has 1 aromatic heterocycles. The molecule has 0 fully saturated rings. The van der Waals surface area contributed by atoms with Gasteiger partial charge in [0.15, 0.2) is 0 Å². The second kappa shape index (κ2) is 6.19. The van der Waals surface area contributed by atoms with Crippen LogP contribution in [0.15, 0.2) is 23.0 Å². The highest BCUT2D eigenvalue weighted by atomic mass is 16.5. The summed E-state index contributed by atoms with van der Waals surface area (Å²) in [6.07, 6.45) is 1.17. The SMILES string of the molecule is COC(=O)CCCNCc1ccc2[nH]c(=O)[nH]c2c1. The maximum Gasteiger partial charge on any atom is 0.323 e. The van der Waals surface area contributed by atoms with Crippen molar-refractivity contribution in [2.45, 2.75) is 19.4 Å². The lowest BCUT2D eigenvalue weighted by molar-refractivity contribution is -0.140. The molecular weight excluding hydrogens is 246 g/mol. The number of esters is 1. The second-order valence-electron chi connectivity index (χ2n) is 4.32. The number of methoxy groups -OCH3 is 1. The van der Waals surface area contributed by atoms with Gasteiger partial charge in [-0.05, 0) is 30.7 Å². The Balaban J connectivity index is 1.81. The molecule has 0 aliphatic carbocycles. The maximum absolute atomic E-state index is 11.1. The highest BCUT2D eigenvalue weighted by molar-refractivity contribution is 5.75. The number of imidazole rings is 1. The van der Waals surface area contributed by atoms with Gasteiger partial charge in [0.2, 0.25) is 0 Å². The van der Waals surface area contributed by atoms with Gasteiger partial charge < -0.3 is 20.0 Å². The molecule has 0 spiro atoms. The molecule has 6 heteroatoms. The van der Waals surface area contributed by atoms with Crippen molar-refractivity contribution in [2.75, 3.05) is 13.7 Å². The zero-order valence-electron chi connectivity index (χ0n) is 10.8. The fourth-order valence-corrected chi connectivity index (χ4v) is 1.88. The average Bonchev–Trinajstić information content (AvgIpc) is 2.77. The second-order valence-corrected chi connectivity index (χ2v) is 4.32. The zero-order chi connectivity index (χ0) is 13.7. The normalized spacial score (nSPS) is 10.8. The predicted molar refractivity (Wildman–Crippen MR) is 71.9 cm³/mol. The average molecular weight is 263 g/mol. The van der Waals surface area contributed by atoms with Crippen molar-refractivity contribution >= 4 is 17.0 Å². The molecule has 2 aromatic rings. The molecule has 0 atom stereocenters. The van der Waals surface area contributed by atoms with Gasteiger partial charge in [-0.1, -0.05) is 6.07 Å². The lowest BCUT2D eigenvalue weighted by Gasteiger charge is -2.04. The third kappa shape index (κ3) is 3.69. The van der Waals surface area contributed by atoms with Crippen LogP contribution in [-0.4, -0.2) is 29.6 Å². The molecule has 102 valence electrons. The summed E-state index contributed by atoms with van der Waals surface area (Å²) in [7, 11) is 1.39. The minimum Gasteiger partial charge on any atom is -0.469 e. The first-order valence-corrected chi connectivity index (χ1v) is 6.17. The largest absolute Gasteiger partial charge is 0.469 e. The fraction of sp³-hybridized carbons (Fsp3) is 0.385. The molecule has 1 aromatic carbocycles. The van der Waals surface area contributed by atoms with E-state index in [0.29, 0.717) is 13.0 Å². The van der Waals surface area contributed by atoms with E-state index >= 15 is 0 Å². The standard InChI is InChI=1S/C13H17N3O3/c1-19-12(17)3-2-6-14-8-9-4-5-10-11(7-9)16-13(18)15-10/h4-5,7,14H,2-3,6,8H2,1H3,(H2,15,16,18). The Morgan fingerprint density at radius 2 is 2.11 bits per heavy atom.